The Bertz CT molecular complexity index is 545. The first-order valence-corrected chi connectivity index (χ1v) is 7.79. The molecule has 0 aromatic heterocycles. The number of carbonyl (C=O) groups excluding carboxylic acids is 1. The van der Waals surface area contributed by atoms with Crippen LogP contribution < -0.4 is 0 Å². The van der Waals surface area contributed by atoms with Crippen LogP contribution in [-0.4, -0.2) is 38.9 Å². The van der Waals surface area contributed by atoms with Crippen molar-refractivity contribution >= 4 is 16.0 Å². The van der Waals surface area contributed by atoms with E-state index in [1.807, 2.05) is 0 Å². The summed E-state index contributed by atoms with van der Waals surface area (Å²) in [7, 11) is -1.92. The minimum absolute atomic E-state index is 0.0194. The summed E-state index contributed by atoms with van der Waals surface area (Å²) >= 11 is 0. The molecule has 19 heavy (non-hydrogen) atoms. The number of sulfonamides is 1. The summed E-state index contributed by atoms with van der Waals surface area (Å²) in [5.41, 5.74) is 1.10. The lowest BCUT2D eigenvalue weighted by atomic mass is 10.1. The van der Waals surface area contributed by atoms with Crippen LogP contribution in [0.1, 0.15) is 28.8 Å². The molecule has 0 radical (unpaired) electrons. The van der Waals surface area contributed by atoms with Crippen molar-refractivity contribution in [2.75, 3.05) is 20.2 Å². The van der Waals surface area contributed by atoms with Gasteiger partial charge in [0.2, 0.25) is 10.0 Å². The van der Waals surface area contributed by atoms with E-state index in [1.165, 1.54) is 11.4 Å². The van der Waals surface area contributed by atoms with E-state index in [0.717, 1.165) is 12.8 Å². The van der Waals surface area contributed by atoms with E-state index >= 15 is 0 Å². The molecule has 0 atom stereocenters. The third kappa shape index (κ3) is 3.33. The summed E-state index contributed by atoms with van der Waals surface area (Å²) in [5.74, 6) is -0.442. The van der Waals surface area contributed by atoms with Crippen LogP contribution >= 0.6 is 0 Å². The van der Waals surface area contributed by atoms with Crippen LogP contribution in [0.25, 0.3) is 0 Å². The molecule has 0 amide bonds. The Labute approximate surface area is 113 Å². The molecule has 0 unspecified atom stereocenters. The first-order chi connectivity index (χ1) is 9.03. The van der Waals surface area contributed by atoms with Crippen LogP contribution in [-0.2, 0) is 20.5 Å². The molecule has 0 spiro atoms. The van der Waals surface area contributed by atoms with Gasteiger partial charge in [-0.05, 0) is 30.5 Å². The lowest BCUT2D eigenvalue weighted by Gasteiger charge is -2.15. The maximum absolute atomic E-state index is 12.1. The van der Waals surface area contributed by atoms with E-state index in [2.05, 4.69) is 4.74 Å². The van der Waals surface area contributed by atoms with Gasteiger partial charge < -0.3 is 4.74 Å². The van der Waals surface area contributed by atoms with Gasteiger partial charge in [0.1, 0.15) is 0 Å². The largest absolute Gasteiger partial charge is 0.465 e. The Hall–Kier alpha value is -1.40. The zero-order chi connectivity index (χ0) is 13.9. The van der Waals surface area contributed by atoms with E-state index in [0.29, 0.717) is 24.2 Å². The van der Waals surface area contributed by atoms with E-state index in [1.54, 1.807) is 24.3 Å². The quantitative estimate of drug-likeness (QED) is 0.784. The second kappa shape index (κ2) is 5.71. The van der Waals surface area contributed by atoms with Crippen LogP contribution in [0.5, 0.6) is 0 Å². The van der Waals surface area contributed by atoms with Gasteiger partial charge in [-0.3, -0.25) is 0 Å². The Balaban J connectivity index is 2.09. The van der Waals surface area contributed by atoms with Gasteiger partial charge in [-0.15, -0.1) is 0 Å². The summed E-state index contributed by atoms with van der Waals surface area (Å²) < 4.78 is 30.3. The normalized spacial score (nSPS) is 16.5. The zero-order valence-corrected chi connectivity index (χ0v) is 11.6. The minimum atomic E-state index is -3.23. The summed E-state index contributed by atoms with van der Waals surface area (Å²) in [6, 6.07) is 6.47. The Morgan fingerprint density at radius 2 is 1.79 bits per heavy atom. The van der Waals surface area contributed by atoms with Gasteiger partial charge in [0.05, 0.1) is 18.4 Å². The molecule has 1 aliphatic rings. The average molecular weight is 283 g/mol. The molecule has 1 aliphatic heterocycles. The number of benzene rings is 1. The van der Waals surface area contributed by atoms with Crippen molar-refractivity contribution in [2.45, 2.75) is 18.6 Å². The number of rotatable bonds is 4. The van der Waals surface area contributed by atoms with Gasteiger partial charge in [0.25, 0.3) is 0 Å². The second-order valence-corrected chi connectivity index (χ2v) is 6.52. The molecule has 1 aromatic carbocycles. The maximum atomic E-state index is 12.1. The highest BCUT2D eigenvalue weighted by Crippen LogP contribution is 2.17. The van der Waals surface area contributed by atoms with Gasteiger partial charge >= 0.3 is 5.97 Å². The summed E-state index contributed by atoms with van der Waals surface area (Å²) in [5, 5.41) is 0. The fourth-order valence-electron chi connectivity index (χ4n) is 2.12. The molecule has 1 aromatic rings. The average Bonchev–Trinajstić information content (AvgIpc) is 2.93. The molecular formula is C13H17NO4S. The molecule has 0 saturated carbocycles. The maximum Gasteiger partial charge on any atom is 0.337 e. The number of esters is 1. The van der Waals surface area contributed by atoms with E-state index in [4.69, 9.17) is 0 Å². The van der Waals surface area contributed by atoms with Crippen molar-refractivity contribution in [3.05, 3.63) is 35.4 Å². The van der Waals surface area contributed by atoms with Crippen LogP contribution in [0, 0.1) is 0 Å². The summed E-state index contributed by atoms with van der Waals surface area (Å²) in [6.45, 7) is 1.23. The van der Waals surface area contributed by atoms with E-state index in [-0.39, 0.29) is 5.75 Å². The van der Waals surface area contributed by atoms with Crippen LogP contribution in [0.4, 0.5) is 0 Å². The molecule has 1 saturated heterocycles. The zero-order valence-electron chi connectivity index (χ0n) is 10.8. The van der Waals surface area contributed by atoms with Crippen molar-refractivity contribution in [3.8, 4) is 0 Å². The van der Waals surface area contributed by atoms with Gasteiger partial charge in [-0.2, -0.15) is 0 Å². The van der Waals surface area contributed by atoms with Crippen molar-refractivity contribution in [2.24, 2.45) is 0 Å². The molecule has 0 N–H and O–H groups in total. The molecule has 104 valence electrons. The molecule has 5 nitrogen and oxygen atoms in total. The molecule has 2 rings (SSSR count). The highest BCUT2D eigenvalue weighted by atomic mass is 32.2. The highest BCUT2D eigenvalue weighted by Gasteiger charge is 2.25. The van der Waals surface area contributed by atoms with E-state index < -0.39 is 16.0 Å². The smallest absolute Gasteiger partial charge is 0.337 e. The fourth-order valence-corrected chi connectivity index (χ4v) is 3.73. The Morgan fingerprint density at radius 3 is 2.32 bits per heavy atom. The first-order valence-electron chi connectivity index (χ1n) is 6.18. The molecule has 0 aliphatic carbocycles. The first kappa shape index (κ1) is 14.0. The summed E-state index contributed by atoms with van der Waals surface area (Å²) in [4.78, 5) is 11.3. The Morgan fingerprint density at radius 1 is 1.21 bits per heavy atom. The standard InChI is InChI=1S/C13H17NO4S/c1-18-13(15)12-6-4-11(5-7-12)10-19(16,17)14-8-2-3-9-14/h4-7H,2-3,8-10H2,1H3. The topological polar surface area (TPSA) is 63.7 Å². The molecule has 1 fully saturated rings. The Kier molecular flexibility index (Phi) is 4.21. The number of carbonyl (C=O) groups is 1. The van der Waals surface area contributed by atoms with E-state index in [9.17, 15) is 13.2 Å². The third-order valence-corrected chi connectivity index (χ3v) is 5.03. The second-order valence-electron chi connectivity index (χ2n) is 4.55. The SMILES string of the molecule is COC(=O)c1ccc(CS(=O)(=O)N2CCCC2)cc1. The minimum Gasteiger partial charge on any atom is -0.465 e. The number of methoxy groups -OCH3 is 1. The van der Waals surface area contributed by atoms with Gasteiger partial charge in [-0.1, -0.05) is 12.1 Å². The van der Waals surface area contributed by atoms with Gasteiger partial charge in [-0.25, -0.2) is 17.5 Å². The van der Waals surface area contributed by atoms with Crippen molar-refractivity contribution in [1.82, 2.24) is 4.31 Å². The van der Waals surface area contributed by atoms with Crippen LogP contribution in [0.15, 0.2) is 24.3 Å². The van der Waals surface area contributed by atoms with Crippen LogP contribution in [0.2, 0.25) is 0 Å². The van der Waals surface area contributed by atoms with Gasteiger partial charge in [0, 0.05) is 13.1 Å². The predicted molar refractivity (Wildman–Crippen MR) is 71.2 cm³/mol. The molecule has 6 heteroatoms. The highest BCUT2D eigenvalue weighted by molar-refractivity contribution is 7.88. The fraction of sp³-hybridized carbons (Fsp3) is 0.462. The number of hydrogen-bond donors (Lipinski definition) is 0. The molecule has 0 bridgehead atoms. The van der Waals surface area contributed by atoms with Crippen molar-refractivity contribution in [1.29, 1.82) is 0 Å². The third-order valence-electron chi connectivity index (χ3n) is 3.18. The predicted octanol–water partition coefficient (Wildman–Crippen LogP) is 1.40. The lowest BCUT2D eigenvalue weighted by molar-refractivity contribution is 0.0600. The number of ether oxygens (including phenoxy) is 1. The molecule has 1 heterocycles. The van der Waals surface area contributed by atoms with Gasteiger partial charge in [0.15, 0.2) is 0 Å². The van der Waals surface area contributed by atoms with Crippen LogP contribution in [0.3, 0.4) is 0 Å². The number of nitrogens with zero attached hydrogens (tertiary/aromatic N) is 1. The monoisotopic (exact) mass is 283 g/mol. The van der Waals surface area contributed by atoms with Crippen molar-refractivity contribution in [3.63, 3.8) is 0 Å². The number of hydrogen-bond acceptors (Lipinski definition) is 4. The summed E-state index contributed by atoms with van der Waals surface area (Å²) in [6.07, 6.45) is 1.86. The lowest BCUT2D eigenvalue weighted by Crippen LogP contribution is -2.29. The molecular weight excluding hydrogens is 266 g/mol. The van der Waals surface area contributed by atoms with Crippen molar-refractivity contribution < 1.29 is 17.9 Å².